The highest BCUT2D eigenvalue weighted by Crippen LogP contribution is 2.21. The van der Waals surface area contributed by atoms with Crippen LogP contribution >= 0.6 is 31.9 Å². The Labute approximate surface area is 99.7 Å². The van der Waals surface area contributed by atoms with E-state index in [4.69, 9.17) is 0 Å². The van der Waals surface area contributed by atoms with Gasteiger partial charge in [-0.05, 0) is 63.4 Å². The molecule has 1 aromatic heterocycles. The minimum Gasteiger partial charge on any atom is -0.295 e. The molecule has 0 bridgehead atoms. The van der Waals surface area contributed by atoms with Crippen LogP contribution < -0.4 is 0 Å². The van der Waals surface area contributed by atoms with E-state index in [9.17, 15) is 4.79 Å². The minimum atomic E-state index is 0.0571. The molecule has 0 unspecified atom stereocenters. The summed E-state index contributed by atoms with van der Waals surface area (Å²) < 4.78 is 1.77. The molecule has 1 heterocycles. The van der Waals surface area contributed by atoms with Crippen LogP contribution in [0.1, 0.15) is 19.5 Å². The largest absolute Gasteiger partial charge is 0.295 e. The first-order valence-corrected chi connectivity index (χ1v) is 5.59. The van der Waals surface area contributed by atoms with Crippen LogP contribution in [0.5, 0.6) is 0 Å². The molecule has 0 fully saturated rings. The van der Waals surface area contributed by atoms with Crippen molar-refractivity contribution in [3.05, 3.63) is 32.5 Å². The van der Waals surface area contributed by atoms with Crippen LogP contribution in [0.3, 0.4) is 0 Å². The van der Waals surface area contributed by atoms with Crippen LogP contribution in [0.4, 0.5) is 0 Å². The smallest absolute Gasteiger partial charge is 0.155 e. The molecule has 0 aliphatic rings. The van der Waals surface area contributed by atoms with E-state index in [0.29, 0.717) is 5.57 Å². The Hall–Kier alpha value is -0.480. The lowest BCUT2D eigenvalue weighted by Gasteiger charge is -1.99. The van der Waals surface area contributed by atoms with Gasteiger partial charge >= 0.3 is 0 Å². The lowest BCUT2D eigenvalue weighted by Crippen LogP contribution is -1.92. The molecule has 0 radical (unpaired) electrons. The average Bonchev–Trinajstić information content (AvgIpc) is 2.09. The second kappa shape index (κ2) is 4.84. The van der Waals surface area contributed by atoms with E-state index in [2.05, 4.69) is 36.8 Å². The zero-order valence-electron chi connectivity index (χ0n) is 7.84. The van der Waals surface area contributed by atoms with E-state index in [1.54, 1.807) is 26.1 Å². The van der Waals surface area contributed by atoms with E-state index in [1.165, 1.54) is 0 Å². The summed E-state index contributed by atoms with van der Waals surface area (Å²) in [6, 6.07) is 1.90. The quantitative estimate of drug-likeness (QED) is 0.780. The molecule has 0 N–H and O–H groups in total. The number of Topliss-reactive ketones (excluding diaryl/α,β-unsaturated/α-hetero) is 1. The normalized spacial score (nSPS) is 11.6. The van der Waals surface area contributed by atoms with Crippen molar-refractivity contribution in [1.82, 2.24) is 4.98 Å². The topological polar surface area (TPSA) is 30.0 Å². The monoisotopic (exact) mass is 317 g/mol. The maximum absolute atomic E-state index is 11.0. The number of rotatable bonds is 2. The molecule has 0 amide bonds. The highest BCUT2D eigenvalue weighted by molar-refractivity contribution is 9.11. The fraction of sp³-hybridized carbons (Fsp3) is 0.200. The molecule has 0 spiro atoms. The van der Waals surface area contributed by atoms with Gasteiger partial charge in [0.25, 0.3) is 0 Å². The number of aromatic nitrogens is 1. The molecule has 1 aromatic rings. The van der Waals surface area contributed by atoms with Crippen molar-refractivity contribution in [2.75, 3.05) is 0 Å². The van der Waals surface area contributed by atoms with E-state index in [1.807, 2.05) is 6.07 Å². The number of carbonyl (C=O) groups excluding carboxylic acids is 1. The number of hydrogen-bond donors (Lipinski definition) is 0. The van der Waals surface area contributed by atoms with Gasteiger partial charge in [0.2, 0.25) is 0 Å². The van der Waals surface area contributed by atoms with Crippen molar-refractivity contribution in [2.24, 2.45) is 0 Å². The van der Waals surface area contributed by atoms with Gasteiger partial charge in [-0.2, -0.15) is 0 Å². The summed E-state index contributed by atoms with van der Waals surface area (Å²) in [5.41, 5.74) is 1.46. The predicted octanol–water partition coefficient (Wildman–Crippen LogP) is 3.60. The second-order valence-corrected chi connectivity index (χ2v) is 4.67. The van der Waals surface area contributed by atoms with E-state index < -0.39 is 0 Å². The van der Waals surface area contributed by atoms with Gasteiger partial charge in [-0.3, -0.25) is 9.78 Å². The summed E-state index contributed by atoms with van der Waals surface area (Å²) >= 11 is 6.69. The average molecular weight is 319 g/mol. The van der Waals surface area contributed by atoms with Crippen LogP contribution in [-0.4, -0.2) is 10.8 Å². The molecule has 0 aliphatic carbocycles. The summed E-state index contributed by atoms with van der Waals surface area (Å²) in [4.78, 5) is 15.2. The maximum Gasteiger partial charge on any atom is 0.155 e. The van der Waals surface area contributed by atoms with Crippen molar-refractivity contribution >= 4 is 43.7 Å². The number of halogens is 2. The second-order valence-electron chi connectivity index (χ2n) is 2.90. The zero-order chi connectivity index (χ0) is 10.7. The molecule has 4 heteroatoms. The van der Waals surface area contributed by atoms with Crippen LogP contribution in [0.15, 0.2) is 26.8 Å². The van der Waals surface area contributed by atoms with Crippen molar-refractivity contribution in [3.8, 4) is 0 Å². The van der Waals surface area contributed by atoms with Crippen molar-refractivity contribution in [1.29, 1.82) is 0 Å². The van der Waals surface area contributed by atoms with Gasteiger partial charge in [-0.25, -0.2) is 0 Å². The molecule has 0 saturated heterocycles. The van der Waals surface area contributed by atoms with E-state index >= 15 is 0 Å². The minimum absolute atomic E-state index is 0.0571. The van der Waals surface area contributed by atoms with Gasteiger partial charge in [0.15, 0.2) is 5.78 Å². The Morgan fingerprint density at radius 2 is 2.07 bits per heavy atom. The van der Waals surface area contributed by atoms with Crippen LogP contribution in [0, 0.1) is 0 Å². The van der Waals surface area contributed by atoms with Gasteiger partial charge < -0.3 is 0 Å². The number of ketones is 1. The lowest BCUT2D eigenvalue weighted by atomic mass is 10.2. The molecule has 0 atom stereocenters. The Bertz CT molecular complexity index is 399. The summed E-state index contributed by atoms with van der Waals surface area (Å²) in [5.74, 6) is 0.0571. The molecular weight excluding hydrogens is 310 g/mol. The Balaban J connectivity index is 3.09. The van der Waals surface area contributed by atoms with Crippen LogP contribution in [-0.2, 0) is 4.79 Å². The van der Waals surface area contributed by atoms with Crippen LogP contribution in [0.2, 0.25) is 0 Å². The first-order valence-electron chi connectivity index (χ1n) is 4.01. The summed E-state index contributed by atoms with van der Waals surface area (Å²) in [7, 11) is 0. The zero-order valence-corrected chi connectivity index (χ0v) is 11.0. The first kappa shape index (κ1) is 11.6. The van der Waals surface area contributed by atoms with Crippen molar-refractivity contribution in [2.45, 2.75) is 13.8 Å². The van der Waals surface area contributed by atoms with Gasteiger partial charge in [0, 0.05) is 15.1 Å². The number of allylic oxidation sites excluding steroid dienone is 1. The predicted molar refractivity (Wildman–Crippen MR) is 64.0 cm³/mol. The summed E-state index contributed by atoms with van der Waals surface area (Å²) in [6.07, 6.45) is 3.46. The third-order valence-corrected chi connectivity index (χ3v) is 2.81. The van der Waals surface area contributed by atoms with Gasteiger partial charge in [-0.15, -0.1) is 0 Å². The third kappa shape index (κ3) is 3.03. The van der Waals surface area contributed by atoms with Crippen LogP contribution in [0.25, 0.3) is 6.08 Å². The van der Waals surface area contributed by atoms with Crippen molar-refractivity contribution in [3.63, 3.8) is 0 Å². The highest BCUT2D eigenvalue weighted by Gasteiger charge is 2.02. The summed E-state index contributed by atoms with van der Waals surface area (Å²) in [5, 5.41) is 0. The fourth-order valence-corrected chi connectivity index (χ4v) is 1.94. The molecule has 14 heavy (non-hydrogen) atoms. The number of carbonyl (C=O) groups is 1. The van der Waals surface area contributed by atoms with Gasteiger partial charge in [-0.1, -0.05) is 0 Å². The Morgan fingerprint density at radius 1 is 1.43 bits per heavy atom. The van der Waals surface area contributed by atoms with E-state index in [-0.39, 0.29) is 5.78 Å². The molecule has 0 aromatic carbocycles. The van der Waals surface area contributed by atoms with Gasteiger partial charge in [0.1, 0.15) is 0 Å². The molecule has 0 saturated carbocycles. The standard InChI is InChI=1S/C10H9Br2NO/c1-6(7(2)14)3-10-9(12)4-8(11)5-13-10/h3-5H,1-2H3. The number of hydrogen-bond acceptors (Lipinski definition) is 2. The number of pyridine rings is 1. The molecule has 74 valence electrons. The lowest BCUT2D eigenvalue weighted by molar-refractivity contribution is -0.113. The Morgan fingerprint density at radius 3 is 2.57 bits per heavy atom. The summed E-state index contributed by atoms with van der Waals surface area (Å²) in [6.45, 7) is 3.32. The molecular formula is C10H9Br2NO. The van der Waals surface area contributed by atoms with Crippen molar-refractivity contribution < 1.29 is 4.79 Å². The molecule has 0 aliphatic heterocycles. The first-order chi connectivity index (χ1) is 6.50. The molecule has 1 rings (SSSR count). The fourth-order valence-electron chi connectivity index (χ4n) is 0.838. The SMILES string of the molecule is CC(=O)C(C)=Cc1ncc(Br)cc1Br. The number of nitrogens with zero attached hydrogens (tertiary/aromatic N) is 1. The van der Waals surface area contributed by atoms with Gasteiger partial charge in [0.05, 0.1) is 5.69 Å². The molecule has 2 nitrogen and oxygen atoms in total. The maximum atomic E-state index is 11.0. The Kier molecular flexibility index (Phi) is 4.01. The van der Waals surface area contributed by atoms with E-state index in [0.717, 1.165) is 14.6 Å². The highest BCUT2D eigenvalue weighted by atomic mass is 79.9. The third-order valence-electron chi connectivity index (χ3n) is 1.74.